The normalized spacial score (nSPS) is 16.9. The number of piperazine rings is 1. The van der Waals surface area contributed by atoms with Gasteiger partial charge < -0.3 is 44.4 Å². The molecule has 0 saturated carbocycles. The number of aliphatic carboxylic acids is 1. The Balaban J connectivity index is 0.737. The first-order valence-electron chi connectivity index (χ1n) is 21.7. The highest BCUT2D eigenvalue weighted by Gasteiger charge is 2.54. The Bertz CT molecular complexity index is 3510. The van der Waals surface area contributed by atoms with Gasteiger partial charge in [0.15, 0.2) is 22.2 Å². The Morgan fingerprint density at radius 3 is 2.27 bits per heavy atom. The maximum absolute atomic E-state index is 13.7. The summed E-state index contributed by atoms with van der Waals surface area (Å²) in [5.41, 5.74) is 1.42. The minimum atomic E-state index is -1.33. The van der Waals surface area contributed by atoms with Crippen molar-refractivity contribution in [3.05, 3.63) is 128 Å². The molecule has 0 spiro atoms. The molecule has 2 unspecified atom stereocenters. The summed E-state index contributed by atoms with van der Waals surface area (Å²) in [5.74, 6) is -4.40. The number of fused-ring (bicyclic) bond motifs is 5. The molecule has 2 saturated heterocycles. The fourth-order valence-corrected chi connectivity index (χ4v) is 12.0. The molecule has 3 aromatic rings. The number of carbonyl (C=O) groups excluding carboxylic acids is 4. The van der Waals surface area contributed by atoms with Crippen LogP contribution < -0.4 is 16.2 Å². The van der Waals surface area contributed by atoms with E-state index in [-0.39, 0.29) is 112 Å². The molecule has 0 aromatic heterocycles. The molecule has 360 valence electrons. The third-order valence-corrected chi connectivity index (χ3v) is 15.6. The maximum Gasteiger partial charge on any atom is 0.352 e. The molecule has 5 N–H and O–H groups in total. The number of aromatic carboxylic acids is 1. The molecule has 19 nitrogen and oxygen atoms in total. The maximum atomic E-state index is 13.7. The van der Waals surface area contributed by atoms with Crippen molar-refractivity contribution in [3.63, 3.8) is 0 Å². The molecule has 5 aliphatic heterocycles. The van der Waals surface area contributed by atoms with Gasteiger partial charge in [0.05, 0.1) is 17.1 Å². The van der Waals surface area contributed by atoms with Crippen molar-refractivity contribution in [1.29, 1.82) is 0 Å². The second-order valence-corrected chi connectivity index (χ2v) is 19.8. The van der Waals surface area contributed by atoms with Gasteiger partial charge in [-0.15, -0.1) is 35.3 Å². The first-order valence-corrected chi connectivity index (χ1v) is 24.9. The third-order valence-electron chi connectivity index (χ3n) is 12.2. The van der Waals surface area contributed by atoms with E-state index in [1.54, 1.807) is 35.2 Å². The van der Waals surface area contributed by atoms with Crippen molar-refractivity contribution in [2.24, 2.45) is 0 Å². The molecular weight excluding hydrogens is 979 g/mol. The monoisotopic (exact) mass is 1020 g/mol. The smallest absolute Gasteiger partial charge is 0.352 e. The number of hydrogen-bond donors (Lipinski definition) is 5. The van der Waals surface area contributed by atoms with Gasteiger partial charge in [-0.3, -0.25) is 33.7 Å². The largest absolute Gasteiger partial charge is 0.508 e. The lowest BCUT2D eigenvalue weighted by atomic mass is 9.91. The Morgan fingerprint density at radius 1 is 0.775 bits per heavy atom. The number of rotatable bonds is 12. The summed E-state index contributed by atoms with van der Waals surface area (Å²) >= 11 is 3.49. The molecule has 7 aliphatic rings. The SMILES string of the molecule is O=C(CSc1ccc(-c2c3ccc(=O)cc-3oc3cc(O)ccc23)c(C(=O)O)c1)NC1C(=O)N2C(C(=O)O)=C(CSCC(=O)N3CCN(C(=O)c4c5oc6cc(O)ccc6nc-5ccc4=O)CC3)CSC12. The van der Waals surface area contributed by atoms with Crippen LogP contribution in [0.4, 0.5) is 0 Å². The van der Waals surface area contributed by atoms with E-state index >= 15 is 0 Å². The number of nitrogens with one attached hydrogen (secondary N) is 1. The van der Waals surface area contributed by atoms with E-state index in [1.165, 1.54) is 83.0 Å². The van der Waals surface area contributed by atoms with E-state index in [1.807, 2.05) is 0 Å². The molecule has 10 rings (SSSR count). The summed E-state index contributed by atoms with van der Waals surface area (Å²) in [7, 11) is 0. The summed E-state index contributed by atoms with van der Waals surface area (Å²) in [6.45, 7) is 0.626. The molecule has 4 amide bonds. The summed E-state index contributed by atoms with van der Waals surface area (Å²) in [6.07, 6.45) is 0. The zero-order valence-electron chi connectivity index (χ0n) is 36.8. The predicted octanol–water partition coefficient (Wildman–Crippen LogP) is 4.83. The third kappa shape index (κ3) is 8.89. The van der Waals surface area contributed by atoms with E-state index < -0.39 is 46.5 Å². The van der Waals surface area contributed by atoms with Gasteiger partial charge in [-0.25, -0.2) is 14.6 Å². The second kappa shape index (κ2) is 18.8. The average Bonchev–Trinajstić information content (AvgIpc) is 3.35. The van der Waals surface area contributed by atoms with Crippen LogP contribution in [0.15, 0.2) is 120 Å². The lowest BCUT2D eigenvalue weighted by Crippen LogP contribution is -2.70. The topological polar surface area (TPSA) is 278 Å². The number of phenolic OH excluding ortho intramolecular Hbond substituents is 2. The first-order chi connectivity index (χ1) is 34.1. The van der Waals surface area contributed by atoms with E-state index in [9.17, 15) is 58.8 Å². The summed E-state index contributed by atoms with van der Waals surface area (Å²) in [6, 6.07) is 19.2. The van der Waals surface area contributed by atoms with Gasteiger partial charge in [-0.05, 0) is 71.8 Å². The van der Waals surface area contributed by atoms with E-state index in [2.05, 4.69) is 10.3 Å². The number of phenols is 2. The molecule has 0 radical (unpaired) electrons. The molecular formula is C49H37N5O14S3. The van der Waals surface area contributed by atoms with Crippen molar-refractivity contribution in [3.8, 4) is 45.4 Å². The fourth-order valence-electron chi connectivity index (χ4n) is 8.85. The number of nitrogens with zero attached hydrogens (tertiary/aromatic N) is 4. The van der Waals surface area contributed by atoms with E-state index in [0.29, 0.717) is 43.8 Å². The Kier molecular flexibility index (Phi) is 12.4. The molecule has 0 bridgehead atoms. The molecule has 2 aliphatic carbocycles. The van der Waals surface area contributed by atoms with Crippen LogP contribution in [0.1, 0.15) is 20.7 Å². The number of carboxylic acids is 2. The van der Waals surface area contributed by atoms with E-state index in [0.717, 1.165) is 16.7 Å². The number of β-lactam (4-membered cyclic amide) rings is 1. The summed E-state index contributed by atoms with van der Waals surface area (Å²) in [5, 5.41) is 43.1. The first kappa shape index (κ1) is 46.9. The highest BCUT2D eigenvalue weighted by Crippen LogP contribution is 2.44. The molecule has 5 heterocycles. The van der Waals surface area contributed by atoms with Gasteiger partial charge in [-0.2, -0.15) is 0 Å². The van der Waals surface area contributed by atoms with Gasteiger partial charge in [0.25, 0.3) is 11.8 Å². The van der Waals surface area contributed by atoms with E-state index in [4.69, 9.17) is 8.83 Å². The van der Waals surface area contributed by atoms with Gasteiger partial charge in [0.2, 0.25) is 11.8 Å². The number of aromatic hydroxyl groups is 2. The Hall–Kier alpha value is -7.82. The zero-order chi connectivity index (χ0) is 49.8. The van der Waals surface area contributed by atoms with Crippen LogP contribution in [0, 0.1) is 0 Å². The number of carbonyl (C=O) groups is 6. The quantitative estimate of drug-likeness (QED) is 0.0623. The summed E-state index contributed by atoms with van der Waals surface area (Å²) < 4.78 is 11.8. The Morgan fingerprint density at radius 2 is 1.51 bits per heavy atom. The van der Waals surface area contributed by atoms with Crippen LogP contribution in [0.5, 0.6) is 11.5 Å². The molecule has 71 heavy (non-hydrogen) atoms. The lowest BCUT2D eigenvalue weighted by Gasteiger charge is -2.49. The van der Waals surface area contributed by atoms with Gasteiger partial charge in [-0.1, -0.05) is 6.07 Å². The van der Waals surface area contributed by atoms with Crippen LogP contribution in [-0.4, -0.2) is 136 Å². The molecule has 2 fully saturated rings. The molecule has 22 heteroatoms. The van der Waals surface area contributed by atoms with Gasteiger partial charge >= 0.3 is 11.9 Å². The van der Waals surface area contributed by atoms with Crippen LogP contribution in [0.2, 0.25) is 0 Å². The standard InChI is InChI=1S/C49H37N5O14S3/c55-24-1-5-29-35(15-24)67-36-16-25(56)2-6-30(36)40(29)28-7-4-27(18-31(28)48(63)64)70-21-38(59)51-42-46(62)54-43(49(65)66)23(20-71-47(42)54)19-69-22-39(60)52-11-13-53(14-12-52)45(61)41-34(58)10-9-33-44(41)68-37-17-26(57)3-8-32(37)50-33/h1-10,15-18,42,47,55,57H,11-14,19-22H2,(H,51,59)(H,63,64)(H,65,66). The Labute approximate surface area is 412 Å². The molecule has 2 atom stereocenters. The van der Waals surface area contributed by atoms with Crippen LogP contribution >= 0.6 is 35.3 Å². The minimum Gasteiger partial charge on any atom is -0.508 e. The average molecular weight is 1020 g/mol. The molecule has 3 aromatic carbocycles. The zero-order valence-corrected chi connectivity index (χ0v) is 39.2. The van der Waals surface area contributed by atoms with Crippen LogP contribution in [0.25, 0.3) is 56.0 Å². The van der Waals surface area contributed by atoms with Crippen LogP contribution in [-0.2, 0) is 19.2 Å². The van der Waals surface area contributed by atoms with Crippen molar-refractivity contribution < 1.29 is 58.0 Å². The minimum absolute atomic E-state index is 0.0106. The van der Waals surface area contributed by atoms with Crippen molar-refractivity contribution in [2.75, 3.05) is 49.2 Å². The van der Waals surface area contributed by atoms with Crippen LogP contribution in [0.3, 0.4) is 0 Å². The van der Waals surface area contributed by atoms with Gasteiger partial charge in [0.1, 0.15) is 56.7 Å². The van der Waals surface area contributed by atoms with Gasteiger partial charge in [0, 0.05) is 77.3 Å². The fraction of sp³-hybridized carbons (Fsp3) is 0.204. The number of amides is 4. The number of benzene rings is 5. The number of hydrogen-bond acceptors (Lipinski definition) is 16. The highest BCUT2D eigenvalue weighted by atomic mass is 32.2. The lowest BCUT2D eigenvalue weighted by molar-refractivity contribution is -0.150. The van der Waals surface area contributed by atoms with Crippen molar-refractivity contribution in [2.45, 2.75) is 16.3 Å². The number of aromatic nitrogens is 1. The number of carboxylic acid groups (broad SMARTS) is 2. The summed E-state index contributed by atoms with van der Waals surface area (Å²) in [4.78, 5) is 113. The van der Waals surface area contributed by atoms with Crippen molar-refractivity contribution in [1.82, 2.24) is 25.0 Å². The van der Waals surface area contributed by atoms with Crippen molar-refractivity contribution >= 4 is 92.9 Å². The highest BCUT2D eigenvalue weighted by molar-refractivity contribution is 8.01. The predicted molar refractivity (Wildman–Crippen MR) is 262 cm³/mol. The second-order valence-electron chi connectivity index (χ2n) is 16.6. The number of thioether (sulfide) groups is 3.